The van der Waals surface area contributed by atoms with Crippen LogP contribution in [-0.2, 0) is 0 Å². The van der Waals surface area contributed by atoms with E-state index in [1.807, 2.05) is 6.92 Å². The summed E-state index contributed by atoms with van der Waals surface area (Å²) in [5.74, 6) is 0.266. The SMILES string of the molecule is CC(O)CCN1CCC(C#N)CC1. The molecule has 3 heteroatoms. The smallest absolute Gasteiger partial charge is 0.0656 e. The molecule has 13 heavy (non-hydrogen) atoms. The summed E-state index contributed by atoms with van der Waals surface area (Å²) in [6.45, 7) is 4.83. The monoisotopic (exact) mass is 182 g/mol. The zero-order chi connectivity index (χ0) is 9.68. The largest absolute Gasteiger partial charge is 0.393 e. The van der Waals surface area contributed by atoms with E-state index in [0.717, 1.165) is 38.9 Å². The van der Waals surface area contributed by atoms with Crippen molar-refractivity contribution in [3.63, 3.8) is 0 Å². The quantitative estimate of drug-likeness (QED) is 0.708. The Balaban J connectivity index is 2.15. The standard InChI is InChI=1S/C10H18N2O/c1-9(13)2-5-12-6-3-10(8-11)4-7-12/h9-10,13H,2-7H2,1H3. The molecule has 0 spiro atoms. The van der Waals surface area contributed by atoms with E-state index >= 15 is 0 Å². The van der Waals surface area contributed by atoms with E-state index < -0.39 is 0 Å². The van der Waals surface area contributed by atoms with Crippen LogP contribution in [-0.4, -0.2) is 35.7 Å². The van der Waals surface area contributed by atoms with E-state index in [-0.39, 0.29) is 12.0 Å². The Kier molecular flexibility index (Phi) is 4.20. The Morgan fingerprint density at radius 3 is 2.62 bits per heavy atom. The predicted molar refractivity (Wildman–Crippen MR) is 51.1 cm³/mol. The maximum atomic E-state index is 9.10. The van der Waals surface area contributed by atoms with E-state index in [0.29, 0.717) is 0 Å². The van der Waals surface area contributed by atoms with Gasteiger partial charge in [0.1, 0.15) is 0 Å². The molecule has 0 aromatic rings. The maximum Gasteiger partial charge on any atom is 0.0656 e. The number of rotatable bonds is 3. The first kappa shape index (κ1) is 10.5. The van der Waals surface area contributed by atoms with Crippen molar-refractivity contribution in [3.8, 4) is 6.07 Å². The van der Waals surface area contributed by atoms with Gasteiger partial charge in [-0.05, 0) is 39.3 Å². The Hall–Kier alpha value is -0.590. The topological polar surface area (TPSA) is 47.3 Å². The molecule has 0 aliphatic carbocycles. The zero-order valence-electron chi connectivity index (χ0n) is 8.24. The van der Waals surface area contributed by atoms with Crippen LogP contribution in [0.5, 0.6) is 0 Å². The molecule has 0 bridgehead atoms. The van der Waals surface area contributed by atoms with Crippen molar-refractivity contribution in [2.45, 2.75) is 32.3 Å². The van der Waals surface area contributed by atoms with E-state index in [1.165, 1.54) is 0 Å². The normalized spacial score (nSPS) is 22.5. The minimum atomic E-state index is -0.200. The zero-order valence-corrected chi connectivity index (χ0v) is 8.24. The van der Waals surface area contributed by atoms with Crippen LogP contribution in [0.4, 0.5) is 0 Å². The van der Waals surface area contributed by atoms with Gasteiger partial charge in [0, 0.05) is 12.5 Å². The molecule has 0 aromatic carbocycles. The van der Waals surface area contributed by atoms with Crippen molar-refractivity contribution < 1.29 is 5.11 Å². The van der Waals surface area contributed by atoms with Crippen LogP contribution >= 0.6 is 0 Å². The number of nitrogens with zero attached hydrogens (tertiary/aromatic N) is 2. The van der Waals surface area contributed by atoms with E-state index in [4.69, 9.17) is 10.4 Å². The van der Waals surface area contributed by atoms with Gasteiger partial charge in [-0.15, -0.1) is 0 Å². The van der Waals surface area contributed by atoms with Crippen LogP contribution in [0.25, 0.3) is 0 Å². The van der Waals surface area contributed by atoms with Gasteiger partial charge < -0.3 is 10.0 Å². The molecule has 1 aliphatic heterocycles. The molecule has 1 atom stereocenters. The third-order valence-corrected chi connectivity index (χ3v) is 2.63. The molecule has 1 unspecified atom stereocenters. The summed E-state index contributed by atoms with van der Waals surface area (Å²) in [6, 6.07) is 2.31. The molecular weight excluding hydrogens is 164 g/mol. The summed E-state index contributed by atoms with van der Waals surface area (Å²) in [5.41, 5.74) is 0. The highest BCUT2D eigenvalue weighted by Gasteiger charge is 2.18. The second kappa shape index (κ2) is 5.21. The second-order valence-electron chi connectivity index (χ2n) is 3.88. The fraction of sp³-hybridized carbons (Fsp3) is 0.900. The van der Waals surface area contributed by atoms with Crippen molar-refractivity contribution in [2.24, 2.45) is 5.92 Å². The molecule has 0 aromatic heterocycles. The molecule has 1 saturated heterocycles. The lowest BCUT2D eigenvalue weighted by Gasteiger charge is -2.29. The number of aliphatic hydroxyl groups excluding tert-OH is 1. The summed E-state index contributed by atoms with van der Waals surface area (Å²) in [5, 5.41) is 17.8. The minimum absolute atomic E-state index is 0.200. The molecule has 3 nitrogen and oxygen atoms in total. The lowest BCUT2D eigenvalue weighted by Crippen LogP contribution is -2.35. The van der Waals surface area contributed by atoms with Crippen molar-refractivity contribution in [3.05, 3.63) is 0 Å². The van der Waals surface area contributed by atoms with Gasteiger partial charge in [0.2, 0.25) is 0 Å². The van der Waals surface area contributed by atoms with Gasteiger partial charge in [-0.3, -0.25) is 0 Å². The van der Waals surface area contributed by atoms with Gasteiger partial charge >= 0.3 is 0 Å². The highest BCUT2D eigenvalue weighted by molar-refractivity contribution is 4.87. The molecule has 1 aliphatic rings. The van der Waals surface area contributed by atoms with E-state index in [9.17, 15) is 0 Å². The highest BCUT2D eigenvalue weighted by atomic mass is 16.3. The van der Waals surface area contributed by atoms with Crippen LogP contribution in [0, 0.1) is 17.2 Å². The molecule has 1 fully saturated rings. The van der Waals surface area contributed by atoms with Crippen LogP contribution in [0.2, 0.25) is 0 Å². The number of hydrogen-bond acceptors (Lipinski definition) is 3. The molecular formula is C10H18N2O. The first-order chi connectivity index (χ1) is 6.22. The average molecular weight is 182 g/mol. The fourth-order valence-corrected chi connectivity index (χ4v) is 1.66. The number of aliphatic hydroxyl groups is 1. The molecule has 0 saturated carbocycles. The Morgan fingerprint density at radius 2 is 2.15 bits per heavy atom. The van der Waals surface area contributed by atoms with E-state index in [1.54, 1.807) is 0 Å². The molecule has 1 N–H and O–H groups in total. The Bertz CT molecular complexity index is 178. The van der Waals surface area contributed by atoms with Crippen LogP contribution in [0.1, 0.15) is 26.2 Å². The molecule has 74 valence electrons. The second-order valence-corrected chi connectivity index (χ2v) is 3.88. The Morgan fingerprint density at radius 1 is 1.54 bits per heavy atom. The average Bonchev–Trinajstić information content (AvgIpc) is 2.15. The van der Waals surface area contributed by atoms with Crippen LogP contribution < -0.4 is 0 Å². The maximum absolute atomic E-state index is 9.10. The van der Waals surface area contributed by atoms with Crippen molar-refractivity contribution >= 4 is 0 Å². The van der Waals surface area contributed by atoms with Crippen LogP contribution in [0.3, 0.4) is 0 Å². The summed E-state index contributed by atoms with van der Waals surface area (Å²) in [4.78, 5) is 2.33. The van der Waals surface area contributed by atoms with Crippen molar-refractivity contribution in [1.82, 2.24) is 4.90 Å². The summed E-state index contributed by atoms with van der Waals surface area (Å²) >= 11 is 0. The first-order valence-corrected chi connectivity index (χ1v) is 5.02. The lowest BCUT2D eigenvalue weighted by molar-refractivity contribution is 0.140. The fourth-order valence-electron chi connectivity index (χ4n) is 1.66. The number of likely N-dealkylation sites (tertiary alicyclic amines) is 1. The first-order valence-electron chi connectivity index (χ1n) is 5.02. The van der Waals surface area contributed by atoms with Gasteiger partial charge in [0.15, 0.2) is 0 Å². The minimum Gasteiger partial charge on any atom is -0.393 e. The molecule has 1 heterocycles. The van der Waals surface area contributed by atoms with Gasteiger partial charge in [0.05, 0.1) is 12.2 Å². The highest BCUT2D eigenvalue weighted by Crippen LogP contribution is 2.16. The van der Waals surface area contributed by atoms with Crippen LogP contribution in [0.15, 0.2) is 0 Å². The number of piperidine rings is 1. The van der Waals surface area contributed by atoms with Gasteiger partial charge in [-0.2, -0.15) is 5.26 Å². The predicted octanol–water partition coefficient (Wildman–Crippen LogP) is 0.993. The van der Waals surface area contributed by atoms with Crippen molar-refractivity contribution in [2.75, 3.05) is 19.6 Å². The molecule has 1 rings (SSSR count). The summed E-state index contributed by atoms with van der Waals surface area (Å²) in [6.07, 6.45) is 2.64. The van der Waals surface area contributed by atoms with Gasteiger partial charge in [-0.1, -0.05) is 0 Å². The molecule has 0 radical (unpaired) electrons. The third-order valence-electron chi connectivity index (χ3n) is 2.63. The van der Waals surface area contributed by atoms with Crippen molar-refractivity contribution in [1.29, 1.82) is 5.26 Å². The summed E-state index contributed by atoms with van der Waals surface area (Å²) in [7, 11) is 0. The van der Waals surface area contributed by atoms with Gasteiger partial charge in [0.25, 0.3) is 0 Å². The third kappa shape index (κ3) is 3.75. The molecule has 0 amide bonds. The number of nitriles is 1. The summed E-state index contributed by atoms with van der Waals surface area (Å²) < 4.78 is 0. The van der Waals surface area contributed by atoms with Gasteiger partial charge in [-0.25, -0.2) is 0 Å². The van der Waals surface area contributed by atoms with E-state index in [2.05, 4.69) is 11.0 Å². The lowest BCUT2D eigenvalue weighted by atomic mass is 9.98. The number of hydrogen-bond donors (Lipinski definition) is 1. The Labute approximate surface area is 80.0 Å².